The first-order valence-corrected chi connectivity index (χ1v) is 5.86. The Labute approximate surface area is 97.0 Å². The number of benzene rings is 1. The molecule has 0 radical (unpaired) electrons. The summed E-state index contributed by atoms with van der Waals surface area (Å²) in [6.07, 6.45) is 1.35. The molecule has 2 rings (SSSR count). The molecular formula is C13H20N2O. The third-order valence-electron chi connectivity index (χ3n) is 3.44. The summed E-state index contributed by atoms with van der Waals surface area (Å²) in [5.41, 5.74) is 5.46. The van der Waals surface area contributed by atoms with Crippen molar-refractivity contribution in [1.82, 2.24) is 5.43 Å². The zero-order chi connectivity index (χ0) is 11.5. The van der Waals surface area contributed by atoms with Gasteiger partial charge in [-0.3, -0.25) is 11.3 Å². The van der Waals surface area contributed by atoms with Crippen molar-refractivity contribution in [3.63, 3.8) is 0 Å². The van der Waals surface area contributed by atoms with Crippen LogP contribution < -0.4 is 11.3 Å². The SMILES string of the molecule is Cc1cccc(C(NN)C2CCOC2C)c1. The molecule has 16 heavy (non-hydrogen) atoms. The molecule has 1 heterocycles. The lowest BCUT2D eigenvalue weighted by Gasteiger charge is -2.25. The fourth-order valence-corrected chi connectivity index (χ4v) is 2.52. The van der Waals surface area contributed by atoms with E-state index in [1.807, 2.05) is 0 Å². The predicted octanol–water partition coefficient (Wildman–Crippen LogP) is 1.92. The molecular weight excluding hydrogens is 200 g/mol. The number of nitrogens with two attached hydrogens (primary N) is 1. The van der Waals surface area contributed by atoms with Crippen molar-refractivity contribution in [2.24, 2.45) is 11.8 Å². The van der Waals surface area contributed by atoms with E-state index in [1.54, 1.807) is 0 Å². The summed E-state index contributed by atoms with van der Waals surface area (Å²) in [6, 6.07) is 8.69. The van der Waals surface area contributed by atoms with Gasteiger partial charge < -0.3 is 4.74 Å². The van der Waals surface area contributed by atoms with Crippen LogP contribution in [-0.4, -0.2) is 12.7 Å². The van der Waals surface area contributed by atoms with E-state index in [0.29, 0.717) is 5.92 Å². The molecule has 1 aliphatic heterocycles. The average molecular weight is 220 g/mol. The lowest BCUT2D eigenvalue weighted by atomic mass is 9.88. The molecule has 1 aromatic rings. The van der Waals surface area contributed by atoms with Crippen LogP contribution in [0.1, 0.15) is 30.5 Å². The molecule has 0 aliphatic carbocycles. The highest BCUT2D eigenvalue weighted by molar-refractivity contribution is 5.25. The molecule has 0 aromatic heterocycles. The number of aryl methyl sites for hydroxylation is 1. The summed E-state index contributed by atoms with van der Waals surface area (Å²) in [6.45, 7) is 5.07. The van der Waals surface area contributed by atoms with Crippen LogP contribution in [0.15, 0.2) is 24.3 Å². The van der Waals surface area contributed by atoms with Gasteiger partial charge in [-0.1, -0.05) is 29.8 Å². The Kier molecular flexibility index (Phi) is 3.59. The zero-order valence-corrected chi connectivity index (χ0v) is 9.94. The standard InChI is InChI=1S/C13H20N2O/c1-9-4-3-5-11(8-9)13(15-14)12-6-7-16-10(12)2/h3-5,8,10,12-13,15H,6-7,14H2,1-2H3. The molecule has 3 heteroatoms. The number of rotatable bonds is 3. The molecule has 1 saturated heterocycles. The maximum Gasteiger partial charge on any atom is 0.0594 e. The molecule has 1 aliphatic rings. The Hall–Kier alpha value is -0.900. The Balaban J connectivity index is 2.21. The van der Waals surface area contributed by atoms with Gasteiger partial charge in [0, 0.05) is 12.5 Å². The number of ether oxygens (including phenoxy) is 1. The van der Waals surface area contributed by atoms with E-state index in [1.165, 1.54) is 11.1 Å². The summed E-state index contributed by atoms with van der Waals surface area (Å²) < 4.78 is 5.60. The minimum atomic E-state index is 0.192. The van der Waals surface area contributed by atoms with Crippen molar-refractivity contribution in [3.05, 3.63) is 35.4 Å². The second kappa shape index (κ2) is 4.95. The number of nitrogens with one attached hydrogen (secondary N) is 1. The summed E-state index contributed by atoms with van der Waals surface area (Å²) in [7, 11) is 0. The van der Waals surface area contributed by atoms with Gasteiger partial charge in [-0.05, 0) is 25.8 Å². The highest BCUT2D eigenvalue weighted by Crippen LogP contribution is 2.32. The first-order chi connectivity index (χ1) is 7.72. The summed E-state index contributed by atoms with van der Waals surface area (Å²) in [5.74, 6) is 6.16. The van der Waals surface area contributed by atoms with Gasteiger partial charge in [-0.15, -0.1) is 0 Å². The van der Waals surface area contributed by atoms with Crippen LogP contribution in [0.25, 0.3) is 0 Å². The van der Waals surface area contributed by atoms with Gasteiger partial charge in [0.15, 0.2) is 0 Å². The zero-order valence-electron chi connectivity index (χ0n) is 9.94. The Morgan fingerprint density at radius 1 is 1.50 bits per heavy atom. The second-order valence-corrected chi connectivity index (χ2v) is 4.59. The number of hydrogen-bond donors (Lipinski definition) is 2. The largest absolute Gasteiger partial charge is 0.378 e. The normalized spacial score (nSPS) is 26.9. The molecule has 3 unspecified atom stereocenters. The monoisotopic (exact) mass is 220 g/mol. The summed E-state index contributed by atoms with van der Waals surface area (Å²) in [4.78, 5) is 0. The van der Waals surface area contributed by atoms with Crippen LogP contribution in [0.5, 0.6) is 0 Å². The summed E-state index contributed by atoms with van der Waals surface area (Å²) in [5, 5.41) is 0. The van der Waals surface area contributed by atoms with Gasteiger partial charge in [-0.25, -0.2) is 0 Å². The second-order valence-electron chi connectivity index (χ2n) is 4.59. The van der Waals surface area contributed by atoms with Crippen LogP contribution in [0.4, 0.5) is 0 Å². The van der Waals surface area contributed by atoms with Crippen molar-refractivity contribution < 1.29 is 4.74 Å². The first kappa shape index (κ1) is 11.6. The average Bonchev–Trinajstić information content (AvgIpc) is 2.67. The Morgan fingerprint density at radius 2 is 2.31 bits per heavy atom. The van der Waals surface area contributed by atoms with E-state index in [0.717, 1.165) is 13.0 Å². The van der Waals surface area contributed by atoms with E-state index >= 15 is 0 Å². The minimum Gasteiger partial charge on any atom is -0.378 e. The predicted molar refractivity (Wildman–Crippen MR) is 64.8 cm³/mol. The van der Waals surface area contributed by atoms with Gasteiger partial charge in [-0.2, -0.15) is 0 Å². The fraction of sp³-hybridized carbons (Fsp3) is 0.538. The molecule has 0 spiro atoms. The van der Waals surface area contributed by atoms with Crippen molar-refractivity contribution in [3.8, 4) is 0 Å². The minimum absolute atomic E-state index is 0.192. The van der Waals surface area contributed by atoms with Gasteiger partial charge >= 0.3 is 0 Å². The highest BCUT2D eigenvalue weighted by atomic mass is 16.5. The maximum atomic E-state index is 5.69. The molecule has 3 N–H and O–H groups in total. The third-order valence-corrected chi connectivity index (χ3v) is 3.44. The van der Waals surface area contributed by atoms with E-state index in [9.17, 15) is 0 Å². The van der Waals surface area contributed by atoms with Gasteiger partial charge in [0.25, 0.3) is 0 Å². The Morgan fingerprint density at radius 3 is 2.88 bits per heavy atom. The molecule has 1 fully saturated rings. The van der Waals surface area contributed by atoms with Gasteiger partial charge in [0.05, 0.1) is 12.1 Å². The maximum absolute atomic E-state index is 5.69. The quantitative estimate of drug-likeness (QED) is 0.604. The topological polar surface area (TPSA) is 47.3 Å². The molecule has 0 amide bonds. The first-order valence-electron chi connectivity index (χ1n) is 5.86. The summed E-state index contributed by atoms with van der Waals surface area (Å²) >= 11 is 0. The van der Waals surface area contributed by atoms with Gasteiger partial charge in [0.2, 0.25) is 0 Å². The van der Waals surface area contributed by atoms with Crippen LogP contribution in [0.2, 0.25) is 0 Å². The third kappa shape index (κ3) is 2.26. The van der Waals surface area contributed by atoms with E-state index in [2.05, 4.69) is 43.5 Å². The van der Waals surface area contributed by atoms with Crippen molar-refractivity contribution >= 4 is 0 Å². The van der Waals surface area contributed by atoms with Crippen molar-refractivity contribution in [1.29, 1.82) is 0 Å². The van der Waals surface area contributed by atoms with E-state index in [4.69, 9.17) is 10.6 Å². The highest BCUT2D eigenvalue weighted by Gasteiger charge is 2.32. The fourth-order valence-electron chi connectivity index (χ4n) is 2.52. The molecule has 88 valence electrons. The number of hydrogen-bond acceptors (Lipinski definition) is 3. The molecule has 3 nitrogen and oxygen atoms in total. The van der Waals surface area contributed by atoms with Crippen LogP contribution >= 0.6 is 0 Å². The molecule has 0 saturated carbocycles. The molecule has 1 aromatic carbocycles. The Bertz CT molecular complexity index is 354. The van der Waals surface area contributed by atoms with Gasteiger partial charge in [0.1, 0.15) is 0 Å². The van der Waals surface area contributed by atoms with Crippen LogP contribution in [0, 0.1) is 12.8 Å². The smallest absolute Gasteiger partial charge is 0.0594 e. The lowest BCUT2D eigenvalue weighted by Crippen LogP contribution is -2.36. The van der Waals surface area contributed by atoms with Crippen molar-refractivity contribution in [2.45, 2.75) is 32.4 Å². The number of hydrazine groups is 1. The van der Waals surface area contributed by atoms with E-state index < -0.39 is 0 Å². The van der Waals surface area contributed by atoms with E-state index in [-0.39, 0.29) is 12.1 Å². The molecule has 0 bridgehead atoms. The lowest BCUT2D eigenvalue weighted by molar-refractivity contribution is 0.0954. The van der Waals surface area contributed by atoms with Crippen LogP contribution in [0.3, 0.4) is 0 Å². The van der Waals surface area contributed by atoms with Crippen LogP contribution in [-0.2, 0) is 4.74 Å². The molecule has 3 atom stereocenters. The van der Waals surface area contributed by atoms with Crippen molar-refractivity contribution in [2.75, 3.05) is 6.61 Å².